The summed E-state index contributed by atoms with van der Waals surface area (Å²) in [6.45, 7) is 3.55. The first-order valence-corrected chi connectivity index (χ1v) is 9.47. The first kappa shape index (κ1) is 19.1. The summed E-state index contributed by atoms with van der Waals surface area (Å²) in [5, 5.41) is 8.62. The number of furan rings is 1. The van der Waals surface area contributed by atoms with Gasteiger partial charge in [-0.1, -0.05) is 17.7 Å². The molecule has 28 heavy (non-hydrogen) atoms. The SMILES string of the molecule is Cl.O=C(c1cc(-c2ccco2)n(-c2cccc(Cl)c2)n1)N1C[C@H]2CNC[C@H]2C1. The van der Waals surface area contributed by atoms with Crippen molar-refractivity contribution in [3.8, 4) is 17.1 Å². The van der Waals surface area contributed by atoms with Gasteiger partial charge in [0.2, 0.25) is 0 Å². The Morgan fingerprint density at radius 2 is 1.93 bits per heavy atom. The first-order valence-electron chi connectivity index (χ1n) is 9.09. The van der Waals surface area contributed by atoms with Crippen LogP contribution in [-0.4, -0.2) is 46.8 Å². The van der Waals surface area contributed by atoms with Crippen LogP contribution in [0.1, 0.15) is 10.5 Å². The highest BCUT2D eigenvalue weighted by molar-refractivity contribution is 6.30. The molecule has 0 aliphatic carbocycles. The van der Waals surface area contributed by atoms with E-state index >= 15 is 0 Å². The van der Waals surface area contributed by atoms with Gasteiger partial charge in [-0.3, -0.25) is 4.79 Å². The van der Waals surface area contributed by atoms with Gasteiger partial charge in [0.1, 0.15) is 5.69 Å². The lowest BCUT2D eigenvalue weighted by Crippen LogP contribution is -2.32. The zero-order valence-electron chi connectivity index (χ0n) is 15.0. The molecule has 5 rings (SSSR count). The van der Waals surface area contributed by atoms with Crippen molar-refractivity contribution < 1.29 is 9.21 Å². The predicted octanol–water partition coefficient (Wildman–Crippen LogP) is 3.50. The normalized spacial score (nSPS) is 20.8. The molecule has 0 unspecified atom stereocenters. The monoisotopic (exact) mass is 418 g/mol. The van der Waals surface area contributed by atoms with Gasteiger partial charge in [0.05, 0.1) is 12.0 Å². The minimum absolute atomic E-state index is 0. The molecule has 4 heterocycles. The number of carbonyl (C=O) groups excluding carboxylic acids is 1. The highest BCUT2D eigenvalue weighted by Crippen LogP contribution is 2.30. The fourth-order valence-corrected chi connectivity index (χ4v) is 4.26. The molecule has 1 N–H and O–H groups in total. The fraction of sp³-hybridized carbons (Fsp3) is 0.300. The van der Waals surface area contributed by atoms with Gasteiger partial charge in [0.15, 0.2) is 11.5 Å². The number of rotatable bonds is 3. The molecule has 0 saturated carbocycles. The molecule has 6 nitrogen and oxygen atoms in total. The van der Waals surface area contributed by atoms with Crippen LogP contribution in [0.15, 0.2) is 53.1 Å². The number of nitrogens with one attached hydrogen (secondary N) is 1. The lowest BCUT2D eigenvalue weighted by atomic mass is 10.0. The Labute approximate surface area is 173 Å². The third kappa shape index (κ3) is 3.32. The second-order valence-corrected chi connectivity index (χ2v) is 7.61. The number of nitrogens with zero attached hydrogens (tertiary/aromatic N) is 3. The van der Waals surface area contributed by atoms with Crippen LogP contribution in [0.5, 0.6) is 0 Å². The quantitative estimate of drug-likeness (QED) is 0.706. The number of hydrogen-bond acceptors (Lipinski definition) is 4. The van der Waals surface area contributed by atoms with Gasteiger partial charge in [0, 0.05) is 37.3 Å². The van der Waals surface area contributed by atoms with Crippen molar-refractivity contribution in [3.05, 3.63) is 59.4 Å². The number of hydrogen-bond donors (Lipinski definition) is 1. The molecule has 2 fully saturated rings. The summed E-state index contributed by atoms with van der Waals surface area (Å²) in [5.41, 5.74) is 1.94. The van der Waals surface area contributed by atoms with E-state index in [0.717, 1.165) is 37.6 Å². The van der Waals surface area contributed by atoms with Crippen molar-refractivity contribution in [3.63, 3.8) is 0 Å². The van der Waals surface area contributed by atoms with Crippen LogP contribution in [0.2, 0.25) is 5.02 Å². The number of carbonyl (C=O) groups is 1. The highest BCUT2D eigenvalue weighted by Gasteiger charge is 2.39. The van der Waals surface area contributed by atoms with E-state index in [4.69, 9.17) is 16.0 Å². The van der Waals surface area contributed by atoms with Crippen LogP contribution in [0.3, 0.4) is 0 Å². The molecule has 0 spiro atoms. The van der Waals surface area contributed by atoms with Gasteiger partial charge < -0.3 is 14.6 Å². The maximum Gasteiger partial charge on any atom is 0.274 e. The maximum atomic E-state index is 13.1. The standard InChI is InChI=1S/C20H19ClN4O2.ClH/c21-15-3-1-4-16(7-15)25-18(19-5-2-6-27-19)8-17(23-25)20(26)24-11-13-9-22-10-14(13)12-24;/h1-8,13-14,22H,9-12H2;1H/t13-,14+;. The van der Waals surface area contributed by atoms with Crippen LogP contribution < -0.4 is 5.32 Å². The van der Waals surface area contributed by atoms with Crippen molar-refractivity contribution in [2.24, 2.45) is 11.8 Å². The van der Waals surface area contributed by atoms with E-state index in [1.165, 1.54) is 0 Å². The highest BCUT2D eigenvalue weighted by atomic mass is 35.5. The van der Waals surface area contributed by atoms with Crippen LogP contribution in [0.25, 0.3) is 17.1 Å². The molecule has 2 saturated heterocycles. The predicted molar refractivity (Wildman–Crippen MR) is 109 cm³/mol. The summed E-state index contributed by atoms with van der Waals surface area (Å²) in [5.74, 6) is 1.73. The van der Waals surface area contributed by atoms with Crippen molar-refractivity contribution in [2.45, 2.75) is 0 Å². The number of amides is 1. The molecule has 0 radical (unpaired) electrons. The molecule has 2 atom stereocenters. The van der Waals surface area contributed by atoms with Gasteiger partial charge >= 0.3 is 0 Å². The van der Waals surface area contributed by atoms with E-state index in [1.54, 1.807) is 17.0 Å². The van der Waals surface area contributed by atoms with Gasteiger partial charge in [-0.05, 0) is 42.2 Å². The fourth-order valence-electron chi connectivity index (χ4n) is 4.07. The summed E-state index contributed by atoms with van der Waals surface area (Å²) in [6.07, 6.45) is 1.61. The van der Waals surface area contributed by atoms with Crippen LogP contribution in [-0.2, 0) is 0 Å². The minimum Gasteiger partial charge on any atom is -0.463 e. The average Bonchev–Trinajstić information content (AvgIpc) is 3.43. The second-order valence-electron chi connectivity index (χ2n) is 7.17. The molecule has 8 heteroatoms. The molecule has 1 amide bonds. The number of aromatic nitrogens is 2. The maximum absolute atomic E-state index is 13.1. The molecule has 3 aromatic rings. The lowest BCUT2D eigenvalue weighted by molar-refractivity contribution is 0.0775. The zero-order valence-corrected chi connectivity index (χ0v) is 16.6. The van der Waals surface area contributed by atoms with Crippen molar-refractivity contribution in [1.82, 2.24) is 20.0 Å². The van der Waals surface area contributed by atoms with Crippen molar-refractivity contribution in [2.75, 3.05) is 26.2 Å². The largest absolute Gasteiger partial charge is 0.463 e. The average molecular weight is 419 g/mol. The van der Waals surface area contributed by atoms with E-state index in [1.807, 2.05) is 41.3 Å². The first-order chi connectivity index (χ1) is 13.2. The molecular formula is C20H20Cl2N4O2. The minimum atomic E-state index is -0.0296. The van der Waals surface area contributed by atoms with Crippen LogP contribution in [0.4, 0.5) is 0 Å². The van der Waals surface area contributed by atoms with E-state index in [2.05, 4.69) is 10.4 Å². The van der Waals surface area contributed by atoms with Crippen LogP contribution in [0, 0.1) is 11.8 Å². The zero-order chi connectivity index (χ0) is 18.4. The second kappa shape index (κ2) is 7.62. The van der Waals surface area contributed by atoms with Crippen molar-refractivity contribution in [1.29, 1.82) is 0 Å². The number of likely N-dealkylation sites (tertiary alicyclic amines) is 1. The number of halogens is 2. The summed E-state index contributed by atoms with van der Waals surface area (Å²) >= 11 is 6.15. The molecule has 146 valence electrons. The Morgan fingerprint density at radius 3 is 2.61 bits per heavy atom. The third-order valence-electron chi connectivity index (χ3n) is 5.43. The molecular weight excluding hydrogens is 399 g/mol. The molecule has 1 aromatic carbocycles. The molecule has 0 bridgehead atoms. The Hall–Kier alpha value is -2.28. The summed E-state index contributed by atoms with van der Waals surface area (Å²) < 4.78 is 7.28. The number of fused-ring (bicyclic) bond motifs is 1. The van der Waals surface area contributed by atoms with Crippen LogP contribution >= 0.6 is 24.0 Å². The summed E-state index contributed by atoms with van der Waals surface area (Å²) in [4.78, 5) is 15.0. The summed E-state index contributed by atoms with van der Waals surface area (Å²) in [6, 6.07) is 12.9. The van der Waals surface area contributed by atoms with Gasteiger partial charge in [-0.15, -0.1) is 12.4 Å². The van der Waals surface area contributed by atoms with Gasteiger partial charge in [-0.25, -0.2) is 4.68 Å². The van der Waals surface area contributed by atoms with E-state index in [0.29, 0.717) is 28.3 Å². The lowest BCUT2D eigenvalue weighted by Gasteiger charge is -2.15. The Balaban J connectivity index is 0.00000192. The topological polar surface area (TPSA) is 63.3 Å². The summed E-state index contributed by atoms with van der Waals surface area (Å²) in [7, 11) is 0. The van der Waals surface area contributed by atoms with Crippen molar-refractivity contribution >= 4 is 29.9 Å². The van der Waals surface area contributed by atoms with E-state index in [-0.39, 0.29) is 18.3 Å². The number of benzene rings is 1. The van der Waals surface area contributed by atoms with E-state index < -0.39 is 0 Å². The Morgan fingerprint density at radius 1 is 1.14 bits per heavy atom. The van der Waals surface area contributed by atoms with Gasteiger partial charge in [0.25, 0.3) is 5.91 Å². The van der Waals surface area contributed by atoms with Gasteiger partial charge in [-0.2, -0.15) is 5.10 Å². The Kier molecular flexibility index (Phi) is 5.19. The third-order valence-corrected chi connectivity index (χ3v) is 5.67. The molecule has 2 aliphatic heterocycles. The molecule has 2 aromatic heterocycles. The molecule has 2 aliphatic rings. The smallest absolute Gasteiger partial charge is 0.274 e. The van der Waals surface area contributed by atoms with E-state index in [9.17, 15) is 4.79 Å². The Bertz CT molecular complexity index is 974.